The SMILES string of the molecule is CS(=O)(=O)O.O=[N+]([O-])c1ccc([C@@H](O)CCNCCNS(=O)(=O)c2cc(-c3ccccc3)cc3cnccc23)cc1. The van der Waals surface area contributed by atoms with Crippen LogP contribution in [0.4, 0.5) is 5.69 Å². The Morgan fingerprint density at radius 1 is 0.927 bits per heavy atom. The lowest BCUT2D eigenvalue weighted by atomic mass is 10.0. The van der Waals surface area contributed by atoms with E-state index < -0.39 is 31.2 Å². The Kier molecular flexibility index (Phi) is 11.0. The first-order chi connectivity index (χ1) is 19.3. The molecule has 4 rings (SSSR count). The van der Waals surface area contributed by atoms with E-state index in [1.54, 1.807) is 24.5 Å². The Morgan fingerprint density at radius 3 is 2.22 bits per heavy atom. The van der Waals surface area contributed by atoms with Crippen LogP contribution in [-0.2, 0) is 20.1 Å². The van der Waals surface area contributed by atoms with E-state index >= 15 is 0 Å². The van der Waals surface area contributed by atoms with Crippen molar-refractivity contribution in [2.24, 2.45) is 0 Å². The van der Waals surface area contributed by atoms with Gasteiger partial charge in [0.15, 0.2) is 0 Å². The molecule has 0 aliphatic rings. The maximum atomic E-state index is 13.2. The highest BCUT2D eigenvalue weighted by molar-refractivity contribution is 7.89. The molecule has 0 spiro atoms. The minimum Gasteiger partial charge on any atom is -0.388 e. The second-order valence-corrected chi connectivity index (χ2v) is 12.2. The molecule has 0 aliphatic heterocycles. The number of aliphatic hydroxyl groups is 1. The maximum Gasteiger partial charge on any atom is 0.269 e. The third-order valence-electron chi connectivity index (χ3n) is 5.79. The number of nitrogens with one attached hydrogen (secondary N) is 2. The second-order valence-electron chi connectivity index (χ2n) is 8.97. The molecule has 0 saturated carbocycles. The van der Waals surface area contributed by atoms with Gasteiger partial charge in [0.1, 0.15) is 0 Å². The number of rotatable bonds is 11. The summed E-state index contributed by atoms with van der Waals surface area (Å²) in [7, 11) is -7.46. The topological polar surface area (TPSA) is 189 Å². The fraction of sp³-hybridized carbons (Fsp3) is 0.222. The Labute approximate surface area is 238 Å². The van der Waals surface area contributed by atoms with Crippen LogP contribution in [0.15, 0.2) is 90.1 Å². The van der Waals surface area contributed by atoms with Crippen molar-refractivity contribution in [3.05, 3.63) is 101 Å². The Balaban J connectivity index is 0.000000850. The minimum absolute atomic E-state index is 0.0327. The molecule has 1 atom stereocenters. The van der Waals surface area contributed by atoms with Crippen molar-refractivity contribution >= 4 is 36.6 Å². The number of aromatic nitrogens is 1. The highest BCUT2D eigenvalue weighted by atomic mass is 32.2. The number of nitro benzene ring substituents is 1. The molecule has 12 nitrogen and oxygen atoms in total. The molecule has 0 radical (unpaired) electrons. The predicted molar refractivity (Wildman–Crippen MR) is 155 cm³/mol. The predicted octanol–water partition coefficient (Wildman–Crippen LogP) is 3.31. The molecule has 1 heterocycles. The summed E-state index contributed by atoms with van der Waals surface area (Å²) in [6, 6.07) is 20.6. The first kappa shape index (κ1) is 31.7. The molecular formula is C27H30N4O8S2. The third-order valence-corrected chi connectivity index (χ3v) is 7.29. The monoisotopic (exact) mass is 602 g/mol. The van der Waals surface area contributed by atoms with Crippen LogP contribution < -0.4 is 10.0 Å². The van der Waals surface area contributed by atoms with E-state index in [4.69, 9.17) is 4.55 Å². The number of hydrogen-bond acceptors (Lipinski definition) is 9. The summed E-state index contributed by atoms with van der Waals surface area (Å²) in [5, 5.41) is 25.5. The average Bonchev–Trinajstić information content (AvgIpc) is 2.93. The number of aliphatic hydroxyl groups excluding tert-OH is 1. The quantitative estimate of drug-likeness (QED) is 0.0858. The maximum absolute atomic E-state index is 13.2. The highest BCUT2D eigenvalue weighted by Crippen LogP contribution is 2.30. The Bertz CT molecular complexity index is 1670. The fourth-order valence-corrected chi connectivity index (χ4v) is 5.18. The molecule has 41 heavy (non-hydrogen) atoms. The molecule has 4 N–H and O–H groups in total. The second kappa shape index (κ2) is 14.2. The van der Waals surface area contributed by atoms with Crippen LogP contribution in [0.1, 0.15) is 18.1 Å². The van der Waals surface area contributed by atoms with Crippen molar-refractivity contribution in [3.63, 3.8) is 0 Å². The first-order valence-corrected chi connectivity index (χ1v) is 15.7. The van der Waals surface area contributed by atoms with E-state index in [0.717, 1.165) is 16.5 Å². The standard InChI is InChI=1S/C26H26N4O5S.CH4O3S/c31-25(20-6-8-23(9-7-20)30(32)33)11-13-27-14-15-29-36(34,35)26-17-21(19-4-2-1-3-5-19)16-22-18-28-12-10-24(22)26;1-5(2,3)4/h1-10,12,16-18,25,27,29,31H,11,13-15H2;1H3,(H,2,3,4)/t25-;/m0./s1. The van der Waals surface area contributed by atoms with Crippen molar-refractivity contribution in [2.45, 2.75) is 17.4 Å². The summed E-state index contributed by atoms with van der Waals surface area (Å²) in [5.41, 5.74) is 2.25. The van der Waals surface area contributed by atoms with Gasteiger partial charge in [-0.2, -0.15) is 8.42 Å². The average molecular weight is 603 g/mol. The van der Waals surface area contributed by atoms with Crippen LogP contribution >= 0.6 is 0 Å². The normalized spacial score (nSPS) is 12.4. The van der Waals surface area contributed by atoms with Crippen LogP contribution in [0.5, 0.6) is 0 Å². The molecule has 14 heteroatoms. The van der Waals surface area contributed by atoms with Gasteiger partial charge in [-0.15, -0.1) is 0 Å². The van der Waals surface area contributed by atoms with Gasteiger partial charge in [0, 0.05) is 48.4 Å². The van der Waals surface area contributed by atoms with Gasteiger partial charge in [0.2, 0.25) is 10.0 Å². The zero-order chi connectivity index (χ0) is 30.0. The summed E-state index contributed by atoms with van der Waals surface area (Å²) < 4.78 is 54.9. The van der Waals surface area contributed by atoms with Crippen molar-refractivity contribution in [3.8, 4) is 11.1 Å². The van der Waals surface area contributed by atoms with Crippen LogP contribution in [0.2, 0.25) is 0 Å². The number of benzene rings is 3. The number of nitro groups is 1. The Morgan fingerprint density at radius 2 is 1.59 bits per heavy atom. The van der Waals surface area contributed by atoms with Crippen molar-refractivity contribution < 1.29 is 31.4 Å². The lowest BCUT2D eigenvalue weighted by Gasteiger charge is -2.13. The molecule has 0 fully saturated rings. The van der Waals surface area contributed by atoms with Crippen LogP contribution in [0.3, 0.4) is 0 Å². The third kappa shape index (κ3) is 9.97. The summed E-state index contributed by atoms with van der Waals surface area (Å²) in [4.78, 5) is 14.6. The fourth-order valence-electron chi connectivity index (χ4n) is 3.89. The number of non-ortho nitro benzene ring substituents is 1. The van der Waals surface area contributed by atoms with Gasteiger partial charge in [-0.1, -0.05) is 30.3 Å². The molecule has 0 amide bonds. The molecule has 4 aromatic rings. The van der Waals surface area contributed by atoms with Gasteiger partial charge in [0.25, 0.3) is 15.8 Å². The van der Waals surface area contributed by atoms with Crippen molar-refractivity contribution in [1.82, 2.24) is 15.0 Å². The van der Waals surface area contributed by atoms with Crippen molar-refractivity contribution in [1.29, 1.82) is 0 Å². The lowest BCUT2D eigenvalue weighted by molar-refractivity contribution is -0.384. The Hall–Kier alpha value is -3.79. The van der Waals surface area contributed by atoms with Crippen LogP contribution in [-0.4, -0.2) is 62.3 Å². The minimum atomic E-state index is -3.80. The number of hydrogen-bond donors (Lipinski definition) is 4. The molecule has 0 unspecified atom stereocenters. The molecular weight excluding hydrogens is 572 g/mol. The molecule has 0 aliphatic carbocycles. The van der Waals surface area contributed by atoms with E-state index in [0.29, 0.717) is 36.7 Å². The van der Waals surface area contributed by atoms with Gasteiger partial charge >= 0.3 is 0 Å². The van der Waals surface area contributed by atoms with Crippen LogP contribution in [0, 0.1) is 10.1 Å². The molecule has 1 aromatic heterocycles. The van der Waals surface area contributed by atoms with Gasteiger partial charge in [0.05, 0.1) is 22.2 Å². The number of sulfonamides is 1. The summed E-state index contributed by atoms with van der Waals surface area (Å²) in [5.74, 6) is 0. The molecule has 0 saturated heterocycles. The highest BCUT2D eigenvalue weighted by Gasteiger charge is 2.19. The lowest BCUT2D eigenvalue weighted by Crippen LogP contribution is -2.32. The summed E-state index contributed by atoms with van der Waals surface area (Å²) >= 11 is 0. The van der Waals surface area contributed by atoms with E-state index in [9.17, 15) is 32.1 Å². The van der Waals surface area contributed by atoms with E-state index in [-0.39, 0.29) is 17.1 Å². The largest absolute Gasteiger partial charge is 0.388 e. The number of pyridine rings is 1. The van der Waals surface area contributed by atoms with E-state index in [1.807, 2.05) is 36.4 Å². The van der Waals surface area contributed by atoms with Gasteiger partial charge < -0.3 is 10.4 Å². The summed E-state index contributed by atoms with van der Waals surface area (Å²) in [6.45, 7) is 0.972. The van der Waals surface area contributed by atoms with E-state index in [2.05, 4.69) is 15.0 Å². The molecule has 0 bridgehead atoms. The number of nitrogens with zero attached hydrogens (tertiary/aromatic N) is 2. The smallest absolute Gasteiger partial charge is 0.269 e. The molecule has 218 valence electrons. The van der Waals surface area contributed by atoms with Crippen molar-refractivity contribution in [2.75, 3.05) is 25.9 Å². The zero-order valence-corrected chi connectivity index (χ0v) is 23.7. The summed E-state index contributed by atoms with van der Waals surface area (Å²) in [6.07, 6.45) is 3.53. The van der Waals surface area contributed by atoms with Gasteiger partial charge in [-0.05, 0) is 60.0 Å². The van der Waals surface area contributed by atoms with Gasteiger partial charge in [-0.3, -0.25) is 19.7 Å². The first-order valence-electron chi connectivity index (χ1n) is 12.3. The van der Waals surface area contributed by atoms with Gasteiger partial charge in [-0.25, -0.2) is 13.1 Å². The number of fused-ring (bicyclic) bond motifs is 1. The van der Waals surface area contributed by atoms with Crippen LogP contribution in [0.25, 0.3) is 21.9 Å². The molecule has 3 aromatic carbocycles. The van der Waals surface area contributed by atoms with E-state index in [1.165, 1.54) is 24.3 Å². The zero-order valence-electron chi connectivity index (χ0n) is 22.0.